The fourth-order valence-corrected chi connectivity index (χ4v) is 5.63. The molecule has 156 valence electrons. The Morgan fingerprint density at radius 1 is 1.23 bits per heavy atom. The van der Waals surface area contributed by atoms with Crippen molar-refractivity contribution < 1.29 is 14.3 Å². The first-order chi connectivity index (χ1) is 14.5. The van der Waals surface area contributed by atoms with Gasteiger partial charge in [-0.25, -0.2) is 14.6 Å². The molecule has 3 aromatic rings. The lowest BCUT2D eigenvalue weighted by molar-refractivity contribution is 0.0529. The van der Waals surface area contributed by atoms with Crippen molar-refractivity contribution in [2.24, 2.45) is 5.92 Å². The highest BCUT2D eigenvalue weighted by atomic mass is 32.1. The van der Waals surface area contributed by atoms with Crippen LogP contribution in [0.3, 0.4) is 0 Å². The van der Waals surface area contributed by atoms with E-state index in [4.69, 9.17) is 4.74 Å². The third-order valence-corrected chi connectivity index (χ3v) is 6.92. The number of carbonyl (C=O) groups excluding carboxylic acids is 2. The van der Waals surface area contributed by atoms with Gasteiger partial charge in [0, 0.05) is 15.8 Å². The van der Waals surface area contributed by atoms with Crippen molar-refractivity contribution in [2.45, 2.75) is 33.1 Å². The molecule has 2 heterocycles. The predicted octanol–water partition coefficient (Wildman–Crippen LogP) is 5.82. The molecule has 6 nitrogen and oxygen atoms in total. The van der Waals surface area contributed by atoms with Gasteiger partial charge >= 0.3 is 12.0 Å². The van der Waals surface area contributed by atoms with Crippen LogP contribution in [-0.4, -0.2) is 23.6 Å². The van der Waals surface area contributed by atoms with Gasteiger partial charge in [0.05, 0.1) is 12.3 Å². The summed E-state index contributed by atoms with van der Waals surface area (Å²) in [5.74, 6) is 0.195. The van der Waals surface area contributed by atoms with E-state index in [-0.39, 0.29) is 6.61 Å². The predicted molar refractivity (Wildman–Crippen MR) is 122 cm³/mol. The molecule has 0 aliphatic heterocycles. The fourth-order valence-electron chi connectivity index (χ4n) is 3.51. The second-order valence-electron chi connectivity index (χ2n) is 7.26. The fraction of sp³-hybridized carbons (Fsp3) is 0.318. The van der Waals surface area contributed by atoms with Crippen LogP contribution >= 0.6 is 22.7 Å². The molecule has 30 heavy (non-hydrogen) atoms. The smallest absolute Gasteiger partial charge is 0.341 e. The Morgan fingerprint density at radius 3 is 2.80 bits per heavy atom. The molecule has 2 aromatic heterocycles. The summed E-state index contributed by atoms with van der Waals surface area (Å²) < 4.78 is 5.24. The summed E-state index contributed by atoms with van der Waals surface area (Å²) in [6, 6.07) is 9.17. The molecular formula is C22H23N3O3S2. The van der Waals surface area contributed by atoms with Gasteiger partial charge in [-0.2, -0.15) is 0 Å². The van der Waals surface area contributed by atoms with E-state index in [2.05, 4.69) is 22.5 Å². The maximum absolute atomic E-state index is 12.6. The number of thiazole rings is 1. The van der Waals surface area contributed by atoms with Crippen molar-refractivity contribution >= 4 is 44.8 Å². The van der Waals surface area contributed by atoms with Gasteiger partial charge in [-0.05, 0) is 37.7 Å². The third kappa shape index (κ3) is 4.39. The number of ether oxygens (including phenoxy) is 1. The molecule has 0 bridgehead atoms. The highest BCUT2D eigenvalue weighted by molar-refractivity contribution is 7.16. The monoisotopic (exact) mass is 441 g/mol. The van der Waals surface area contributed by atoms with Gasteiger partial charge < -0.3 is 4.74 Å². The minimum Gasteiger partial charge on any atom is -0.462 e. The second kappa shape index (κ2) is 8.97. The van der Waals surface area contributed by atoms with Gasteiger partial charge in [0.25, 0.3) is 0 Å². The summed E-state index contributed by atoms with van der Waals surface area (Å²) >= 11 is 2.83. The number of carbonyl (C=O) groups is 2. The highest BCUT2D eigenvalue weighted by Gasteiger charge is 2.24. The zero-order valence-electron chi connectivity index (χ0n) is 16.9. The molecule has 2 amide bonds. The summed E-state index contributed by atoms with van der Waals surface area (Å²) in [4.78, 5) is 31.1. The van der Waals surface area contributed by atoms with Crippen molar-refractivity contribution in [3.05, 3.63) is 51.8 Å². The molecule has 2 N–H and O–H groups in total. The molecule has 1 aliphatic rings. The van der Waals surface area contributed by atoms with E-state index in [0.29, 0.717) is 21.6 Å². The molecule has 0 saturated heterocycles. The standard InChI is InChI=1S/C22H23N3O3S2/c1-3-28-20(26)18-15(14-7-5-4-6-8-14)12-29-19(18)24-21(27)25-22-23-16-10-9-13(2)11-17(16)30-22/h4-8,12-13H,3,9-11H2,1-2H3,(H2,23,24,25,27)/t13-/m1/s1. The normalized spacial score (nSPS) is 15.3. The zero-order chi connectivity index (χ0) is 21.1. The van der Waals surface area contributed by atoms with Gasteiger partial charge in [0.15, 0.2) is 5.13 Å². The summed E-state index contributed by atoms with van der Waals surface area (Å²) in [5, 5.41) is 8.54. The Balaban J connectivity index is 1.54. The zero-order valence-corrected chi connectivity index (χ0v) is 18.5. The van der Waals surface area contributed by atoms with Crippen LogP contribution in [0.15, 0.2) is 35.7 Å². The molecule has 1 aromatic carbocycles. The molecule has 4 rings (SSSR count). The molecule has 0 spiro atoms. The van der Waals surface area contributed by atoms with Gasteiger partial charge in [-0.15, -0.1) is 22.7 Å². The molecule has 0 fully saturated rings. The van der Waals surface area contributed by atoms with Crippen LogP contribution in [-0.2, 0) is 17.6 Å². The van der Waals surface area contributed by atoms with Crippen LogP contribution in [0.4, 0.5) is 14.9 Å². The molecule has 0 unspecified atom stereocenters. The molecule has 1 aliphatic carbocycles. The Hall–Kier alpha value is -2.71. The number of urea groups is 1. The van der Waals surface area contributed by atoms with Crippen LogP contribution in [0.1, 0.15) is 41.2 Å². The Bertz CT molecular complexity index is 1060. The van der Waals surface area contributed by atoms with E-state index in [1.165, 1.54) is 27.6 Å². The summed E-state index contributed by atoms with van der Waals surface area (Å²) in [5.41, 5.74) is 3.10. The number of fused-ring (bicyclic) bond motifs is 1. The molecular weight excluding hydrogens is 418 g/mol. The SMILES string of the molecule is CCOC(=O)c1c(-c2ccccc2)csc1NC(=O)Nc1nc2c(s1)C[C@H](C)CC2. The van der Waals surface area contributed by atoms with Gasteiger partial charge in [-0.3, -0.25) is 10.6 Å². The summed E-state index contributed by atoms with van der Waals surface area (Å²) in [6.45, 7) is 4.26. The number of hydrogen-bond acceptors (Lipinski definition) is 6. The number of amides is 2. The molecule has 0 saturated carbocycles. The average molecular weight is 442 g/mol. The van der Waals surface area contributed by atoms with E-state index in [9.17, 15) is 9.59 Å². The number of thiophene rings is 1. The van der Waals surface area contributed by atoms with Crippen LogP contribution in [0.25, 0.3) is 11.1 Å². The van der Waals surface area contributed by atoms with Gasteiger partial charge in [-0.1, -0.05) is 37.3 Å². The number of nitrogens with one attached hydrogen (secondary N) is 2. The number of rotatable bonds is 5. The third-order valence-electron chi connectivity index (χ3n) is 4.99. The lowest BCUT2D eigenvalue weighted by Gasteiger charge is -2.15. The van der Waals surface area contributed by atoms with Crippen molar-refractivity contribution in [1.82, 2.24) is 4.98 Å². The minimum atomic E-state index is -0.452. The number of nitrogens with zero attached hydrogens (tertiary/aromatic N) is 1. The average Bonchev–Trinajstić information content (AvgIpc) is 3.32. The number of aromatic nitrogens is 1. The van der Waals surface area contributed by atoms with Crippen molar-refractivity contribution in [3.8, 4) is 11.1 Å². The van der Waals surface area contributed by atoms with E-state index in [1.807, 2.05) is 35.7 Å². The topological polar surface area (TPSA) is 80.3 Å². The quantitative estimate of drug-likeness (QED) is 0.489. The molecule has 8 heteroatoms. The highest BCUT2D eigenvalue weighted by Crippen LogP contribution is 2.37. The second-order valence-corrected chi connectivity index (χ2v) is 9.22. The number of benzene rings is 1. The van der Waals surface area contributed by atoms with E-state index in [1.54, 1.807) is 6.92 Å². The maximum atomic E-state index is 12.6. The maximum Gasteiger partial charge on any atom is 0.341 e. The minimum absolute atomic E-state index is 0.262. The largest absolute Gasteiger partial charge is 0.462 e. The van der Waals surface area contributed by atoms with Crippen LogP contribution in [0.2, 0.25) is 0 Å². The van der Waals surface area contributed by atoms with Crippen LogP contribution in [0.5, 0.6) is 0 Å². The first-order valence-corrected chi connectivity index (χ1v) is 11.6. The lowest BCUT2D eigenvalue weighted by atomic mass is 9.93. The Kier molecular flexibility index (Phi) is 6.15. The van der Waals surface area contributed by atoms with Crippen LogP contribution < -0.4 is 10.6 Å². The van der Waals surface area contributed by atoms with Crippen molar-refractivity contribution in [3.63, 3.8) is 0 Å². The number of hydrogen-bond donors (Lipinski definition) is 2. The molecule has 1 atom stereocenters. The molecule has 0 radical (unpaired) electrons. The van der Waals surface area contributed by atoms with E-state index < -0.39 is 12.0 Å². The number of aryl methyl sites for hydroxylation is 1. The number of anilines is 2. The first-order valence-electron chi connectivity index (χ1n) is 9.95. The van der Waals surface area contributed by atoms with Crippen molar-refractivity contribution in [2.75, 3.05) is 17.2 Å². The van der Waals surface area contributed by atoms with Crippen LogP contribution in [0, 0.1) is 5.92 Å². The Labute approximate surface area is 183 Å². The first kappa shape index (κ1) is 20.6. The Morgan fingerprint density at radius 2 is 2.03 bits per heavy atom. The van der Waals surface area contributed by atoms with Crippen molar-refractivity contribution in [1.29, 1.82) is 0 Å². The van der Waals surface area contributed by atoms with Gasteiger partial charge in [0.1, 0.15) is 10.6 Å². The van der Waals surface area contributed by atoms with E-state index >= 15 is 0 Å². The van der Waals surface area contributed by atoms with Gasteiger partial charge in [0.2, 0.25) is 0 Å². The summed E-state index contributed by atoms with van der Waals surface area (Å²) in [6.07, 6.45) is 3.09. The lowest BCUT2D eigenvalue weighted by Crippen LogP contribution is -2.20. The van der Waals surface area contributed by atoms with E-state index in [0.717, 1.165) is 36.1 Å². The summed E-state index contributed by atoms with van der Waals surface area (Å²) in [7, 11) is 0. The number of esters is 1.